The smallest absolute Gasteiger partial charge is 0.195 e. The Labute approximate surface area is 94.3 Å². The summed E-state index contributed by atoms with van der Waals surface area (Å²) in [4.78, 5) is 0. The van der Waals surface area contributed by atoms with Gasteiger partial charge in [-0.05, 0) is 31.0 Å². The van der Waals surface area contributed by atoms with Gasteiger partial charge in [0.15, 0.2) is 10.6 Å². The predicted molar refractivity (Wildman–Crippen MR) is 60.0 cm³/mol. The second-order valence-electron chi connectivity index (χ2n) is 4.21. The molecule has 84 valence electrons. The van der Waals surface area contributed by atoms with Crippen LogP contribution < -0.4 is 0 Å². The molecule has 1 aromatic rings. The van der Waals surface area contributed by atoms with Gasteiger partial charge in [0.1, 0.15) is 6.61 Å². The van der Waals surface area contributed by atoms with Crippen molar-refractivity contribution in [3.63, 3.8) is 0 Å². The van der Waals surface area contributed by atoms with E-state index >= 15 is 0 Å². The fourth-order valence-electron chi connectivity index (χ4n) is 2.02. The molecule has 0 saturated heterocycles. The van der Waals surface area contributed by atoms with Gasteiger partial charge in [0.25, 0.3) is 0 Å². The van der Waals surface area contributed by atoms with Crippen molar-refractivity contribution in [2.45, 2.75) is 45.3 Å². The number of hydrogen-bond donors (Lipinski definition) is 2. The minimum atomic E-state index is -0.0473. The molecular formula is C10H17N3OS. The van der Waals surface area contributed by atoms with E-state index in [1.54, 1.807) is 0 Å². The van der Waals surface area contributed by atoms with Crippen LogP contribution in [-0.2, 0) is 6.61 Å². The van der Waals surface area contributed by atoms with Gasteiger partial charge >= 0.3 is 0 Å². The fraction of sp³-hybridized carbons (Fsp3) is 0.800. The van der Waals surface area contributed by atoms with Crippen molar-refractivity contribution in [1.29, 1.82) is 0 Å². The second-order valence-corrected chi connectivity index (χ2v) is 4.60. The van der Waals surface area contributed by atoms with Crippen molar-refractivity contribution >= 4 is 12.2 Å². The Morgan fingerprint density at radius 1 is 1.67 bits per heavy atom. The van der Waals surface area contributed by atoms with E-state index in [9.17, 15) is 5.11 Å². The first-order valence-corrected chi connectivity index (χ1v) is 5.93. The Kier molecular flexibility index (Phi) is 3.21. The van der Waals surface area contributed by atoms with Gasteiger partial charge in [-0.25, -0.2) is 0 Å². The summed E-state index contributed by atoms with van der Waals surface area (Å²) in [6, 6.07) is 0.394. The molecule has 1 atom stereocenters. The number of aliphatic hydroxyl groups is 1. The first kappa shape index (κ1) is 10.8. The van der Waals surface area contributed by atoms with Gasteiger partial charge in [-0.1, -0.05) is 19.8 Å². The lowest BCUT2D eigenvalue weighted by atomic mass is 10.1. The standard InChI is InChI=1S/C10H17N3OS/c1-2-8(5-7-3-4-7)13-9(6-14)11-12-10(13)15/h7-8,14H,2-6H2,1H3,(H,12,15). The topological polar surface area (TPSA) is 53.8 Å². The lowest BCUT2D eigenvalue weighted by Crippen LogP contribution is -2.12. The van der Waals surface area contributed by atoms with Gasteiger partial charge in [-0.3, -0.25) is 9.67 Å². The quantitative estimate of drug-likeness (QED) is 0.758. The Morgan fingerprint density at radius 3 is 2.93 bits per heavy atom. The van der Waals surface area contributed by atoms with Gasteiger partial charge < -0.3 is 5.11 Å². The molecule has 1 aromatic heterocycles. The van der Waals surface area contributed by atoms with Gasteiger partial charge in [-0.2, -0.15) is 5.10 Å². The molecule has 0 aromatic carbocycles. The molecular weight excluding hydrogens is 210 g/mol. The van der Waals surface area contributed by atoms with Crippen molar-refractivity contribution in [3.8, 4) is 0 Å². The summed E-state index contributed by atoms with van der Waals surface area (Å²) in [5, 5.41) is 16.0. The van der Waals surface area contributed by atoms with Crippen LogP contribution in [0.5, 0.6) is 0 Å². The fourth-order valence-corrected chi connectivity index (χ4v) is 2.32. The number of aromatic amines is 1. The minimum Gasteiger partial charge on any atom is -0.388 e. The summed E-state index contributed by atoms with van der Waals surface area (Å²) in [5.74, 6) is 1.52. The zero-order chi connectivity index (χ0) is 10.8. The highest BCUT2D eigenvalue weighted by Gasteiger charge is 2.26. The van der Waals surface area contributed by atoms with Crippen LogP contribution in [0.15, 0.2) is 0 Å². The number of aliphatic hydroxyl groups excluding tert-OH is 1. The van der Waals surface area contributed by atoms with E-state index in [0.717, 1.165) is 18.8 Å². The van der Waals surface area contributed by atoms with E-state index < -0.39 is 0 Å². The predicted octanol–water partition coefficient (Wildman–Crippen LogP) is 2.18. The number of rotatable bonds is 5. The Bertz CT molecular complexity index is 380. The molecule has 0 amide bonds. The number of hydrogen-bond acceptors (Lipinski definition) is 3. The van der Waals surface area contributed by atoms with Crippen molar-refractivity contribution in [2.75, 3.05) is 0 Å². The first-order valence-electron chi connectivity index (χ1n) is 5.52. The third kappa shape index (κ3) is 2.29. The summed E-state index contributed by atoms with van der Waals surface area (Å²) in [7, 11) is 0. The van der Waals surface area contributed by atoms with Crippen molar-refractivity contribution in [1.82, 2.24) is 14.8 Å². The molecule has 0 bridgehead atoms. The summed E-state index contributed by atoms with van der Waals surface area (Å²) in [5.41, 5.74) is 0. The van der Waals surface area contributed by atoms with E-state index in [-0.39, 0.29) is 6.61 Å². The van der Waals surface area contributed by atoms with Crippen molar-refractivity contribution in [2.24, 2.45) is 5.92 Å². The third-order valence-electron chi connectivity index (χ3n) is 3.06. The van der Waals surface area contributed by atoms with E-state index in [2.05, 4.69) is 17.1 Å². The first-order chi connectivity index (χ1) is 7.26. The molecule has 1 aliphatic carbocycles. The number of H-pyrrole nitrogens is 1. The monoisotopic (exact) mass is 227 g/mol. The van der Waals surface area contributed by atoms with Crippen LogP contribution in [0.2, 0.25) is 0 Å². The summed E-state index contributed by atoms with van der Waals surface area (Å²) >= 11 is 5.19. The van der Waals surface area contributed by atoms with Gasteiger partial charge in [-0.15, -0.1) is 0 Å². The highest BCUT2D eigenvalue weighted by molar-refractivity contribution is 7.71. The van der Waals surface area contributed by atoms with Crippen LogP contribution in [0.4, 0.5) is 0 Å². The average molecular weight is 227 g/mol. The normalized spacial score (nSPS) is 18.0. The molecule has 5 heteroatoms. The maximum Gasteiger partial charge on any atom is 0.195 e. The molecule has 1 heterocycles. The molecule has 1 aliphatic rings. The second kappa shape index (κ2) is 4.45. The van der Waals surface area contributed by atoms with E-state index in [4.69, 9.17) is 12.2 Å². The largest absolute Gasteiger partial charge is 0.388 e. The zero-order valence-electron chi connectivity index (χ0n) is 8.94. The van der Waals surface area contributed by atoms with Crippen LogP contribution in [0.3, 0.4) is 0 Å². The van der Waals surface area contributed by atoms with Crippen molar-refractivity contribution < 1.29 is 5.11 Å². The molecule has 4 nitrogen and oxygen atoms in total. The zero-order valence-corrected chi connectivity index (χ0v) is 9.76. The van der Waals surface area contributed by atoms with E-state index in [1.165, 1.54) is 12.8 Å². The summed E-state index contributed by atoms with van der Waals surface area (Å²) in [6.07, 6.45) is 4.89. The summed E-state index contributed by atoms with van der Waals surface area (Å²) in [6.45, 7) is 2.11. The van der Waals surface area contributed by atoms with Crippen LogP contribution in [0.25, 0.3) is 0 Å². The molecule has 15 heavy (non-hydrogen) atoms. The molecule has 1 saturated carbocycles. The highest BCUT2D eigenvalue weighted by atomic mass is 32.1. The van der Waals surface area contributed by atoms with Crippen LogP contribution >= 0.6 is 12.2 Å². The number of nitrogens with zero attached hydrogens (tertiary/aromatic N) is 2. The lowest BCUT2D eigenvalue weighted by Gasteiger charge is -2.17. The van der Waals surface area contributed by atoms with Gasteiger partial charge in [0, 0.05) is 6.04 Å². The molecule has 1 fully saturated rings. The van der Waals surface area contributed by atoms with E-state index in [0.29, 0.717) is 16.6 Å². The Balaban J connectivity index is 2.22. The highest BCUT2D eigenvalue weighted by Crippen LogP contribution is 2.38. The van der Waals surface area contributed by atoms with Crippen molar-refractivity contribution in [3.05, 3.63) is 10.6 Å². The van der Waals surface area contributed by atoms with Crippen LogP contribution in [-0.4, -0.2) is 19.9 Å². The van der Waals surface area contributed by atoms with Crippen LogP contribution in [0.1, 0.15) is 44.5 Å². The number of aromatic nitrogens is 3. The average Bonchev–Trinajstić information content (AvgIpc) is 2.98. The minimum absolute atomic E-state index is 0.0473. The SMILES string of the molecule is CCC(CC1CC1)n1c(CO)n[nH]c1=S. The maximum atomic E-state index is 9.18. The third-order valence-corrected chi connectivity index (χ3v) is 3.35. The van der Waals surface area contributed by atoms with Gasteiger partial charge in [0.05, 0.1) is 0 Å². The molecule has 0 aliphatic heterocycles. The number of nitrogens with one attached hydrogen (secondary N) is 1. The molecule has 2 N–H and O–H groups in total. The van der Waals surface area contributed by atoms with E-state index in [1.807, 2.05) is 4.57 Å². The molecule has 0 spiro atoms. The van der Waals surface area contributed by atoms with Gasteiger partial charge in [0.2, 0.25) is 0 Å². The molecule has 2 rings (SSSR count). The Hall–Kier alpha value is -0.680. The molecule has 0 radical (unpaired) electrons. The van der Waals surface area contributed by atoms with Crippen LogP contribution in [0, 0.1) is 10.7 Å². The summed E-state index contributed by atoms with van der Waals surface area (Å²) < 4.78 is 2.61. The maximum absolute atomic E-state index is 9.18. The Morgan fingerprint density at radius 2 is 2.40 bits per heavy atom. The lowest BCUT2D eigenvalue weighted by molar-refractivity contribution is 0.256. The molecule has 1 unspecified atom stereocenters.